The molecule has 1 aromatic carbocycles. The average Bonchev–Trinajstić information content (AvgIpc) is 2.45. The summed E-state index contributed by atoms with van der Waals surface area (Å²) >= 11 is 0. The van der Waals surface area contributed by atoms with Crippen LogP contribution in [0.15, 0.2) is 36.9 Å². The van der Waals surface area contributed by atoms with Gasteiger partial charge in [0.2, 0.25) is 5.91 Å². The molecule has 22 heavy (non-hydrogen) atoms. The van der Waals surface area contributed by atoms with Crippen molar-refractivity contribution in [2.45, 2.75) is 12.6 Å². The van der Waals surface area contributed by atoms with E-state index in [9.17, 15) is 18.0 Å². The molecule has 0 unspecified atom stereocenters. The molecule has 0 saturated heterocycles. The molecule has 4 nitrogen and oxygen atoms in total. The number of aliphatic hydroxyl groups excluding tert-OH is 1. The van der Waals surface area contributed by atoms with Gasteiger partial charge in [-0.15, -0.1) is 6.58 Å². The lowest BCUT2D eigenvalue weighted by Gasteiger charge is -2.19. The SMILES string of the molecule is C=CCN(CCO)CCC(=O)Nc1cccc(C(F)(F)F)c1. The van der Waals surface area contributed by atoms with E-state index in [1.54, 1.807) is 6.08 Å². The fraction of sp³-hybridized carbons (Fsp3) is 0.400. The maximum Gasteiger partial charge on any atom is 0.416 e. The number of hydrogen-bond donors (Lipinski definition) is 2. The molecule has 0 aliphatic heterocycles. The highest BCUT2D eigenvalue weighted by Crippen LogP contribution is 2.30. The number of carbonyl (C=O) groups is 1. The molecule has 0 aliphatic rings. The molecule has 0 radical (unpaired) electrons. The van der Waals surface area contributed by atoms with E-state index in [1.165, 1.54) is 12.1 Å². The van der Waals surface area contributed by atoms with Gasteiger partial charge < -0.3 is 10.4 Å². The lowest BCUT2D eigenvalue weighted by atomic mass is 10.2. The molecular formula is C15H19F3N2O2. The highest BCUT2D eigenvalue weighted by atomic mass is 19.4. The summed E-state index contributed by atoms with van der Waals surface area (Å²) in [7, 11) is 0. The van der Waals surface area contributed by atoms with Crippen LogP contribution in [-0.4, -0.2) is 42.2 Å². The molecule has 1 rings (SSSR count). The minimum absolute atomic E-state index is 0.0386. The van der Waals surface area contributed by atoms with Gasteiger partial charge in [0, 0.05) is 31.7 Å². The fourth-order valence-electron chi connectivity index (χ4n) is 1.87. The molecule has 7 heteroatoms. The number of rotatable bonds is 8. The van der Waals surface area contributed by atoms with Crippen LogP contribution in [0.25, 0.3) is 0 Å². The Labute approximate surface area is 127 Å². The van der Waals surface area contributed by atoms with E-state index in [0.29, 0.717) is 19.6 Å². The lowest BCUT2D eigenvalue weighted by molar-refractivity contribution is -0.137. The van der Waals surface area contributed by atoms with Crippen molar-refractivity contribution in [3.05, 3.63) is 42.5 Å². The molecule has 0 heterocycles. The molecule has 1 aromatic rings. The summed E-state index contributed by atoms with van der Waals surface area (Å²) in [6.45, 7) is 4.86. The Balaban J connectivity index is 2.56. The second-order valence-corrected chi connectivity index (χ2v) is 4.69. The predicted octanol–water partition coefficient (Wildman–Crippen LogP) is 2.51. The Morgan fingerprint density at radius 1 is 1.36 bits per heavy atom. The van der Waals surface area contributed by atoms with Gasteiger partial charge >= 0.3 is 6.18 Å². The molecule has 0 bridgehead atoms. The minimum Gasteiger partial charge on any atom is -0.395 e. The number of nitrogens with zero attached hydrogens (tertiary/aromatic N) is 1. The number of halogens is 3. The summed E-state index contributed by atoms with van der Waals surface area (Å²) in [6.07, 6.45) is -2.67. The van der Waals surface area contributed by atoms with Crippen molar-refractivity contribution in [1.82, 2.24) is 4.90 Å². The second kappa shape index (κ2) is 8.55. The van der Waals surface area contributed by atoms with Gasteiger partial charge in [-0.05, 0) is 18.2 Å². The number of aliphatic hydroxyl groups is 1. The maximum atomic E-state index is 12.6. The smallest absolute Gasteiger partial charge is 0.395 e. The summed E-state index contributed by atoms with van der Waals surface area (Å²) in [4.78, 5) is 13.6. The zero-order valence-corrected chi connectivity index (χ0v) is 12.1. The first kappa shape index (κ1) is 18.2. The summed E-state index contributed by atoms with van der Waals surface area (Å²) in [5.41, 5.74) is -0.698. The van der Waals surface area contributed by atoms with Crippen LogP contribution in [0.5, 0.6) is 0 Å². The van der Waals surface area contributed by atoms with Crippen molar-refractivity contribution >= 4 is 11.6 Å². The number of benzene rings is 1. The monoisotopic (exact) mass is 316 g/mol. The lowest BCUT2D eigenvalue weighted by Crippen LogP contribution is -2.30. The van der Waals surface area contributed by atoms with E-state index >= 15 is 0 Å². The van der Waals surface area contributed by atoms with E-state index in [1.807, 2.05) is 4.90 Å². The summed E-state index contributed by atoms with van der Waals surface area (Å²) < 4.78 is 37.7. The van der Waals surface area contributed by atoms with Crippen LogP contribution in [0.1, 0.15) is 12.0 Å². The number of nitrogens with one attached hydrogen (secondary N) is 1. The number of alkyl halides is 3. The zero-order valence-electron chi connectivity index (χ0n) is 12.1. The third-order valence-corrected chi connectivity index (χ3v) is 2.93. The topological polar surface area (TPSA) is 52.6 Å². The number of amides is 1. The predicted molar refractivity (Wildman–Crippen MR) is 78.4 cm³/mol. The van der Waals surface area contributed by atoms with Crippen molar-refractivity contribution < 1.29 is 23.1 Å². The van der Waals surface area contributed by atoms with Gasteiger partial charge in [0.15, 0.2) is 0 Å². The summed E-state index contributed by atoms with van der Waals surface area (Å²) in [5.74, 6) is -0.383. The molecule has 0 atom stereocenters. The molecule has 0 aliphatic carbocycles. The standard InChI is InChI=1S/C15H19F3N2O2/c1-2-7-20(9-10-21)8-6-14(22)19-13-5-3-4-12(11-13)15(16,17)18/h2-5,11,21H,1,6-10H2,(H,19,22). The molecule has 0 aromatic heterocycles. The maximum absolute atomic E-state index is 12.6. The first-order valence-electron chi connectivity index (χ1n) is 6.78. The Hall–Kier alpha value is -1.86. The molecule has 122 valence electrons. The quantitative estimate of drug-likeness (QED) is 0.725. The van der Waals surface area contributed by atoms with Crippen LogP contribution in [-0.2, 0) is 11.0 Å². The normalized spacial score (nSPS) is 11.5. The minimum atomic E-state index is -4.44. The van der Waals surface area contributed by atoms with Crippen molar-refractivity contribution in [1.29, 1.82) is 0 Å². The van der Waals surface area contributed by atoms with Gasteiger partial charge in [0.1, 0.15) is 0 Å². The van der Waals surface area contributed by atoms with Crippen molar-refractivity contribution in [3.8, 4) is 0 Å². The molecule has 0 spiro atoms. The third kappa shape index (κ3) is 6.28. The van der Waals surface area contributed by atoms with Crippen molar-refractivity contribution in [2.24, 2.45) is 0 Å². The number of hydrogen-bond acceptors (Lipinski definition) is 3. The molecule has 1 amide bonds. The van der Waals surface area contributed by atoms with Crippen LogP contribution < -0.4 is 5.32 Å². The zero-order chi connectivity index (χ0) is 16.6. The van der Waals surface area contributed by atoms with Gasteiger partial charge in [-0.3, -0.25) is 9.69 Å². The number of carbonyl (C=O) groups excluding carboxylic acids is 1. The molecule has 0 saturated carbocycles. The number of anilines is 1. The first-order valence-corrected chi connectivity index (χ1v) is 6.78. The van der Waals surface area contributed by atoms with Crippen LogP contribution in [0.2, 0.25) is 0 Å². The Morgan fingerprint density at radius 2 is 2.09 bits per heavy atom. The van der Waals surface area contributed by atoms with E-state index in [0.717, 1.165) is 12.1 Å². The average molecular weight is 316 g/mol. The molecular weight excluding hydrogens is 297 g/mol. The summed E-state index contributed by atoms with van der Waals surface area (Å²) in [5, 5.41) is 11.3. The van der Waals surface area contributed by atoms with E-state index in [4.69, 9.17) is 5.11 Å². The summed E-state index contributed by atoms with van der Waals surface area (Å²) in [6, 6.07) is 4.49. The van der Waals surface area contributed by atoms with Gasteiger partial charge in [-0.2, -0.15) is 13.2 Å². The second-order valence-electron chi connectivity index (χ2n) is 4.69. The Kier molecular flexibility index (Phi) is 7.07. The third-order valence-electron chi connectivity index (χ3n) is 2.93. The Bertz CT molecular complexity index is 504. The van der Waals surface area contributed by atoms with E-state index in [2.05, 4.69) is 11.9 Å². The highest BCUT2D eigenvalue weighted by Gasteiger charge is 2.30. The van der Waals surface area contributed by atoms with Gasteiger partial charge in [0.25, 0.3) is 0 Å². The molecule has 2 N–H and O–H groups in total. The van der Waals surface area contributed by atoms with Gasteiger partial charge in [-0.1, -0.05) is 12.1 Å². The molecule has 0 fully saturated rings. The van der Waals surface area contributed by atoms with Crippen LogP contribution >= 0.6 is 0 Å². The highest BCUT2D eigenvalue weighted by molar-refractivity contribution is 5.90. The van der Waals surface area contributed by atoms with Crippen molar-refractivity contribution in [2.75, 3.05) is 31.6 Å². The van der Waals surface area contributed by atoms with Gasteiger partial charge in [-0.25, -0.2) is 0 Å². The van der Waals surface area contributed by atoms with Crippen LogP contribution in [0, 0.1) is 0 Å². The van der Waals surface area contributed by atoms with E-state index in [-0.39, 0.29) is 24.6 Å². The first-order chi connectivity index (χ1) is 10.4. The van der Waals surface area contributed by atoms with Crippen molar-refractivity contribution in [3.63, 3.8) is 0 Å². The van der Waals surface area contributed by atoms with Gasteiger partial charge in [0.05, 0.1) is 12.2 Å². The fourth-order valence-corrected chi connectivity index (χ4v) is 1.87. The van der Waals surface area contributed by atoms with Crippen LogP contribution in [0.4, 0.5) is 18.9 Å². The van der Waals surface area contributed by atoms with Crippen LogP contribution in [0.3, 0.4) is 0 Å². The largest absolute Gasteiger partial charge is 0.416 e. The van der Waals surface area contributed by atoms with E-state index < -0.39 is 11.7 Å². The Morgan fingerprint density at radius 3 is 2.68 bits per heavy atom.